The Balaban J connectivity index is 1.70. The number of benzene rings is 2. The van der Waals surface area contributed by atoms with Crippen LogP contribution >= 0.6 is 11.6 Å². The van der Waals surface area contributed by atoms with Crippen LogP contribution in [0.3, 0.4) is 0 Å². The molecule has 1 fully saturated rings. The maximum atomic E-state index is 13.0. The predicted molar refractivity (Wildman–Crippen MR) is 112 cm³/mol. The van der Waals surface area contributed by atoms with Crippen molar-refractivity contribution in [3.05, 3.63) is 70.7 Å². The molecule has 1 aliphatic rings. The fourth-order valence-corrected chi connectivity index (χ4v) is 5.53. The summed E-state index contributed by atoms with van der Waals surface area (Å²) in [5.41, 5.74) is 1.91. The molecule has 2 aromatic rings. The summed E-state index contributed by atoms with van der Waals surface area (Å²) < 4.78 is 23.9. The normalized spacial score (nSPS) is 19.3. The molecular formula is C21H25ClN2O3S. The van der Waals surface area contributed by atoms with Crippen LogP contribution in [0.5, 0.6) is 0 Å². The minimum absolute atomic E-state index is 0.0334. The van der Waals surface area contributed by atoms with Crippen LogP contribution in [0.15, 0.2) is 54.6 Å². The molecule has 5 nitrogen and oxygen atoms in total. The van der Waals surface area contributed by atoms with Crippen molar-refractivity contribution in [1.82, 2.24) is 10.2 Å². The summed E-state index contributed by atoms with van der Waals surface area (Å²) in [6, 6.07) is 16.8. The van der Waals surface area contributed by atoms with E-state index in [2.05, 4.69) is 5.32 Å². The van der Waals surface area contributed by atoms with E-state index in [-0.39, 0.29) is 36.0 Å². The molecule has 0 aromatic heterocycles. The van der Waals surface area contributed by atoms with Gasteiger partial charge in [-0.15, -0.1) is 0 Å². The third kappa shape index (κ3) is 5.34. The molecule has 1 aliphatic heterocycles. The highest BCUT2D eigenvalue weighted by atomic mass is 35.5. The van der Waals surface area contributed by atoms with Crippen molar-refractivity contribution in [2.24, 2.45) is 0 Å². The molecule has 1 N–H and O–H groups in total. The van der Waals surface area contributed by atoms with Crippen molar-refractivity contribution in [3.63, 3.8) is 0 Å². The molecule has 1 heterocycles. The van der Waals surface area contributed by atoms with Crippen LogP contribution < -0.4 is 5.32 Å². The Hall–Kier alpha value is -1.89. The highest BCUT2D eigenvalue weighted by molar-refractivity contribution is 7.91. The molecule has 7 heteroatoms. The Morgan fingerprint density at radius 2 is 1.86 bits per heavy atom. The zero-order valence-corrected chi connectivity index (χ0v) is 17.4. The monoisotopic (exact) mass is 420 g/mol. The van der Waals surface area contributed by atoms with Crippen molar-refractivity contribution >= 4 is 27.3 Å². The van der Waals surface area contributed by atoms with Crippen LogP contribution in [0, 0.1) is 0 Å². The summed E-state index contributed by atoms with van der Waals surface area (Å²) in [5, 5.41) is 3.88. The van der Waals surface area contributed by atoms with Gasteiger partial charge in [0.25, 0.3) is 0 Å². The Labute approximate surface area is 171 Å². The minimum Gasteiger partial charge on any atom is -0.333 e. The van der Waals surface area contributed by atoms with Gasteiger partial charge >= 0.3 is 0 Å². The van der Waals surface area contributed by atoms with E-state index in [1.807, 2.05) is 61.5 Å². The van der Waals surface area contributed by atoms with Crippen LogP contribution in [0.4, 0.5) is 0 Å². The van der Waals surface area contributed by atoms with E-state index in [1.54, 1.807) is 4.90 Å². The first-order valence-corrected chi connectivity index (χ1v) is 11.6. The van der Waals surface area contributed by atoms with E-state index in [0.717, 1.165) is 11.1 Å². The summed E-state index contributed by atoms with van der Waals surface area (Å²) in [5.74, 6) is 0.0653. The van der Waals surface area contributed by atoms with Crippen molar-refractivity contribution in [2.75, 3.05) is 18.1 Å². The molecule has 150 valence electrons. The Morgan fingerprint density at radius 3 is 2.50 bits per heavy atom. The lowest BCUT2D eigenvalue weighted by molar-refractivity contribution is -0.132. The van der Waals surface area contributed by atoms with Crippen molar-refractivity contribution in [1.29, 1.82) is 0 Å². The second-order valence-electron chi connectivity index (χ2n) is 7.19. The topological polar surface area (TPSA) is 66.5 Å². The standard InChI is InChI=1S/C21H25ClN2O3S/c1-16(19-9-5-6-10-20(19)22)23-13-21(25)24(14-17-7-3-2-4-8-17)18-11-12-28(26,27)15-18/h2-10,16,18,23H,11-15H2,1H3/t16-,18-/m1/s1. The van der Waals surface area contributed by atoms with Gasteiger partial charge in [0.05, 0.1) is 18.1 Å². The molecular weight excluding hydrogens is 396 g/mol. The van der Waals surface area contributed by atoms with Gasteiger partial charge in [-0.25, -0.2) is 8.42 Å². The van der Waals surface area contributed by atoms with Gasteiger partial charge < -0.3 is 10.2 Å². The van der Waals surface area contributed by atoms with Gasteiger partial charge in [0, 0.05) is 23.7 Å². The quantitative estimate of drug-likeness (QED) is 0.746. The van der Waals surface area contributed by atoms with Crippen molar-refractivity contribution in [2.45, 2.75) is 32.0 Å². The first kappa shape index (κ1) is 20.8. The SMILES string of the molecule is C[C@@H](NCC(=O)N(Cc1ccccc1)[C@@H]1CCS(=O)(=O)C1)c1ccccc1Cl. The van der Waals surface area contributed by atoms with Crippen LogP contribution in [-0.2, 0) is 21.2 Å². The molecule has 0 spiro atoms. The number of hydrogen-bond acceptors (Lipinski definition) is 4. The van der Waals surface area contributed by atoms with Crippen LogP contribution in [-0.4, -0.2) is 43.3 Å². The molecule has 0 bridgehead atoms. The number of carbonyl (C=O) groups is 1. The van der Waals surface area contributed by atoms with Gasteiger partial charge in [-0.05, 0) is 30.5 Å². The molecule has 0 radical (unpaired) electrons. The smallest absolute Gasteiger partial charge is 0.237 e. The number of hydrogen-bond donors (Lipinski definition) is 1. The van der Waals surface area contributed by atoms with E-state index in [1.165, 1.54) is 0 Å². The lowest BCUT2D eigenvalue weighted by Crippen LogP contribution is -2.45. The first-order valence-electron chi connectivity index (χ1n) is 9.37. The van der Waals surface area contributed by atoms with Crippen LogP contribution in [0.2, 0.25) is 5.02 Å². The molecule has 0 saturated carbocycles. The molecule has 2 aromatic carbocycles. The zero-order chi connectivity index (χ0) is 20.1. The maximum absolute atomic E-state index is 13.0. The number of nitrogens with zero attached hydrogens (tertiary/aromatic N) is 1. The van der Waals surface area contributed by atoms with E-state index in [9.17, 15) is 13.2 Å². The first-order chi connectivity index (χ1) is 13.4. The van der Waals surface area contributed by atoms with E-state index in [0.29, 0.717) is 18.0 Å². The number of nitrogens with one attached hydrogen (secondary N) is 1. The number of sulfone groups is 1. The molecule has 28 heavy (non-hydrogen) atoms. The third-order valence-electron chi connectivity index (χ3n) is 5.10. The Bertz CT molecular complexity index is 918. The van der Waals surface area contributed by atoms with Crippen molar-refractivity contribution < 1.29 is 13.2 Å². The number of carbonyl (C=O) groups excluding carboxylic acids is 1. The highest BCUT2D eigenvalue weighted by Gasteiger charge is 2.34. The summed E-state index contributed by atoms with van der Waals surface area (Å²) in [7, 11) is -3.08. The fraction of sp³-hybridized carbons (Fsp3) is 0.381. The fourth-order valence-electron chi connectivity index (χ4n) is 3.50. The average Bonchev–Trinajstić information content (AvgIpc) is 3.04. The van der Waals surface area contributed by atoms with Gasteiger partial charge in [0.15, 0.2) is 9.84 Å². The van der Waals surface area contributed by atoms with E-state index in [4.69, 9.17) is 11.6 Å². The van der Waals surface area contributed by atoms with E-state index >= 15 is 0 Å². The zero-order valence-electron chi connectivity index (χ0n) is 15.8. The summed E-state index contributed by atoms with van der Waals surface area (Å²) in [6.45, 7) is 2.48. The van der Waals surface area contributed by atoms with Gasteiger partial charge in [-0.1, -0.05) is 60.1 Å². The van der Waals surface area contributed by atoms with Crippen LogP contribution in [0.25, 0.3) is 0 Å². The maximum Gasteiger partial charge on any atom is 0.237 e. The molecule has 0 unspecified atom stereocenters. The third-order valence-corrected chi connectivity index (χ3v) is 7.19. The lowest BCUT2D eigenvalue weighted by Gasteiger charge is -2.29. The van der Waals surface area contributed by atoms with Crippen molar-refractivity contribution in [3.8, 4) is 0 Å². The van der Waals surface area contributed by atoms with Gasteiger partial charge in [0.2, 0.25) is 5.91 Å². The Morgan fingerprint density at radius 1 is 1.18 bits per heavy atom. The van der Waals surface area contributed by atoms with Gasteiger partial charge in [-0.2, -0.15) is 0 Å². The second kappa shape index (κ2) is 9.07. The molecule has 1 amide bonds. The number of amides is 1. The summed E-state index contributed by atoms with van der Waals surface area (Å²) >= 11 is 6.24. The molecule has 1 saturated heterocycles. The molecule has 3 rings (SSSR count). The van der Waals surface area contributed by atoms with Gasteiger partial charge in [-0.3, -0.25) is 4.79 Å². The lowest BCUT2D eigenvalue weighted by atomic mass is 10.1. The van der Waals surface area contributed by atoms with Gasteiger partial charge in [0.1, 0.15) is 0 Å². The highest BCUT2D eigenvalue weighted by Crippen LogP contribution is 2.23. The van der Waals surface area contributed by atoms with Crippen LogP contribution in [0.1, 0.15) is 30.5 Å². The predicted octanol–water partition coefficient (Wildman–Crippen LogP) is 3.21. The second-order valence-corrected chi connectivity index (χ2v) is 9.82. The summed E-state index contributed by atoms with van der Waals surface area (Å²) in [6.07, 6.45) is 0.487. The Kier molecular flexibility index (Phi) is 6.75. The summed E-state index contributed by atoms with van der Waals surface area (Å²) in [4.78, 5) is 14.7. The molecule has 0 aliphatic carbocycles. The van der Waals surface area contributed by atoms with E-state index < -0.39 is 9.84 Å². The largest absolute Gasteiger partial charge is 0.333 e. The molecule has 2 atom stereocenters. The number of rotatable bonds is 7. The average molecular weight is 421 g/mol. The minimum atomic E-state index is -3.08. The number of halogens is 1.